The summed E-state index contributed by atoms with van der Waals surface area (Å²) in [6.45, 7) is 6.67. The molecule has 0 aromatic heterocycles. The van der Waals surface area contributed by atoms with Crippen LogP contribution in [-0.4, -0.2) is 34.8 Å². The molecule has 0 saturated heterocycles. The third kappa shape index (κ3) is 4.23. The van der Waals surface area contributed by atoms with Gasteiger partial charge in [-0.1, -0.05) is 0 Å². The smallest absolute Gasteiger partial charge is 0.410 e. The number of amides is 1. The second kappa shape index (κ2) is 4.55. The monoisotopic (exact) mass is 213 g/mol. The fourth-order valence-electron chi connectivity index (χ4n) is 1.36. The van der Waals surface area contributed by atoms with Crippen LogP contribution in [0.1, 0.15) is 33.6 Å². The van der Waals surface area contributed by atoms with E-state index in [2.05, 4.69) is 0 Å². The lowest BCUT2D eigenvalue weighted by Crippen LogP contribution is -2.37. The van der Waals surface area contributed by atoms with Crippen molar-refractivity contribution in [1.29, 1.82) is 0 Å². The molecule has 0 aromatic rings. The van der Waals surface area contributed by atoms with E-state index < -0.39 is 5.60 Å². The first-order valence-corrected chi connectivity index (χ1v) is 5.24. The Kier molecular flexibility index (Phi) is 3.61. The highest BCUT2D eigenvalue weighted by atomic mass is 16.6. The van der Waals surface area contributed by atoms with Gasteiger partial charge >= 0.3 is 6.09 Å². The third-order valence-electron chi connectivity index (χ3n) is 2.07. The Morgan fingerprint density at radius 1 is 1.47 bits per heavy atom. The molecule has 0 aliphatic carbocycles. The van der Waals surface area contributed by atoms with Crippen LogP contribution in [0, 0.1) is 0 Å². The Morgan fingerprint density at radius 2 is 2.13 bits per heavy atom. The molecule has 1 N–H and O–H groups in total. The zero-order valence-corrected chi connectivity index (χ0v) is 9.62. The molecule has 86 valence electrons. The van der Waals surface area contributed by atoms with Crippen LogP contribution < -0.4 is 0 Å². The predicted molar refractivity (Wildman–Crippen MR) is 57.8 cm³/mol. The van der Waals surface area contributed by atoms with Crippen molar-refractivity contribution >= 4 is 6.09 Å². The average molecular weight is 213 g/mol. The third-order valence-corrected chi connectivity index (χ3v) is 2.07. The standard InChI is InChI=1S/C11H19NO3/c1-11(2,3)15-10(14)12-7-4-5-9(13)6-8-12/h5,13H,4,6-8H2,1-3H3. The van der Waals surface area contributed by atoms with Gasteiger partial charge in [0.15, 0.2) is 0 Å². The largest absolute Gasteiger partial charge is 0.513 e. The van der Waals surface area contributed by atoms with E-state index in [9.17, 15) is 9.90 Å². The van der Waals surface area contributed by atoms with Crippen LogP contribution in [0.15, 0.2) is 11.8 Å². The van der Waals surface area contributed by atoms with Crippen molar-refractivity contribution in [3.8, 4) is 0 Å². The number of hydrogen-bond acceptors (Lipinski definition) is 3. The van der Waals surface area contributed by atoms with Gasteiger partial charge in [-0.15, -0.1) is 0 Å². The van der Waals surface area contributed by atoms with Crippen molar-refractivity contribution in [3.63, 3.8) is 0 Å². The maximum atomic E-state index is 11.7. The Bertz CT molecular complexity index is 265. The highest BCUT2D eigenvalue weighted by Gasteiger charge is 2.22. The number of aliphatic hydroxyl groups excluding tert-OH is 1. The summed E-state index contributed by atoms with van der Waals surface area (Å²) < 4.78 is 5.25. The SMILES string of the molecule is CC(C)(C)OC(=O)N1CCC=C(O)CC1. The van der Waals surface area contributed by atoms with Gasteiger partial charge in [-0.25, -0.2) is 4.79 Å². The van der Waals surface area contributed by atoms with Crippen molar-refractivity contribution in [2.45, 2.75) is 39.2 Å². The second-order valence-corrected chi connectivity index (χ2v) is 4.70. The van der Waals surface area contributed by atoms with Gasteiger partial charge in [0.25, 0.3) is 0 Å². The van der Waals surface area contributed by atoms with Gasteiger partial charge in [-0.2, -0.15) is 0 Å². The Morgan fingerprint density at radius 3 is 2.73 bits per heavy atom. The Labute approximate surface area is 90.5 Å². The van der Waals surface area contributed by atoms with Crippen LogP contribution in [0.2, 0.25) is 0 Å². The van der Waals surface area contributed by atoms with Gasteiger partial charge in [0, 0.05) is 19.5 Å². The fourth-order valence-corrected chi connectivity index (χ4v) is 1.36. The number of nitrogens with zero attached hydrogens (tertiary/aromatic N) is 1. The van der Waals surface area contributed by atoms with Crippen molar-refractivity contribution in [2.24, 2.45) is 0 Å². The van der Waals surface area contributed by atoms with E-state index in [4.69, 9.17) is 4.74 Å². The van der Waals surface area contributed by atoms with Gasteiger partial charge < -0.3 is 14.7 Å². The summed E-state index contributed by atoms with van der Waals surface area (Å²) in [7, 11) is 0. The molecule has 1 aliphatic rings. The number of carbonyl (C=O) groups excluding carboxylic acids is 1. The fraction of sp³-hybridized carbons (Fsp3) is 0.727. The number of aliphatic hydroxyl groups is 1. The lowest BCUT2D eigenvalue weighted by Gasteiger charge is -2.26. The van der Waals surface area contributed by atoms with E-state index in [0.29, 0.717) is 31.7 Å². The van der Waals surface area contributed by atoms with Crippen LogP contribution in [-0.2, 0) is 4.74 Å². The molecule has 0 bridgehead atoms. The van der Waals surface area contributed by atoms with Crippen molar-refractivity contribution in [3.05, 3.63) is 11.8 Å². The summed E-state index contributed by atoms with van der Waals surface area (Å²) in [6.07, 6.45) is 2.65. The summed E-state index contributed by atoms with van der Waals surface area (Å²) in [6, 6.07) is 0. The molecule has 1 amide bonds. The van der Waals surface area contributed by atoms with Crippen molar-refractivity contribution in [1.82, 2.24) is 4.90 Å². The van der Waals surface area contributed by atoms with Gasteiger partial charge in [0.1, 0.15) is 5.60 Å². The van der Waals surface area contributed by atoms with E-state index in [-0.39, 0.29) is 6.09 Å². The molecule has 4 heteroatoms. The van der Waals surface area contributed by atoms with Crippen molar-refractivity contribution in [2.75, 3.05) is 13.1 Å². The van der Waals surface area contributed by atoms with E-state index in [1.807, 2.05) is 20.8 Å². The van der Waals surface area contributed by atoms with Crippen molar-refractivity contribution < 1.29 is 14.6 Å². The molecule has 0 radical (unpaired) electrons. The molecule has 0 aromatic carbocycles. The topological polar surface area (TPSA) is 49.8 Å². The highest BCUT2D eigenvalue weighted by molar-refractivity contribution is 5.68. The zero-order chi connectivity index (χ0) is 11.5. The molecule has 0 atom stereocenters. The lowest BCUT2D eigenvalue weighted by molar-refractivity contribution is 0.0257. The number of hydrogen-bond donors (Lipinski definition) is 1. The average Bonchev–Trinajstić information content (AvgIpc) is 2.26. The van der Waals surface area contributed by atoms with E-state index >= 15 is 0 Å². The molecule has 0 saturated carbocycles. The lowest BCUT2D eigenvalue weighted by atomic mass is 10.2. The number of rotatable bonds is 0. The molecule has 0 spiro atoms. The molecule has 4 nitrogen and oxygen atoms in total. The minimum atomic E-state index is -0.459. The molecular weight excluding hydrogens is 194 g/mol. The van der Waals surface area contributed by atoms with E-state index in [1.54, 1.807) is 11.0 Å². The number of ether oxygens (including phenoxy) is 1. The Balaban J connectivity index is 2.48. The maximum absolute atomic E-state index is 11.7. The van der Waals surface area contributed by atoms with Gasteiger partial charge in [-0.3, -0.25) is 0 Å². The van der Waals surface area contributed by atoms with E-state index in [1.165, 1.54) is 0 Å². The van der Waals surface area contributed by atoms with Crippen LogP contribution in [0.3, 0.4) is 0 Å². The first-order valence-electron chi connectivity index (χ1n) is 5.24. The zero-order valence-electron chi connectivity index (χ0n) is 9.62. The maximum Gasteiger partial charge on any atom is 0.410 e. The van der Waals surface area contributed by atoms with Gasteiger partial charge in [0.05, 0.1) is 5.76 Å². The van der Waals surface area contributed by atoms with Crippen LogP contribution in [0.25, 0.3) is 0 Å². The summed E-state index contributed by atoms with van der Waals surface area (Å²) in [5.74, 6) is 0.362. The first kappa shape index (κ1) is 11.9. The summed E-state index contributed by atoms with van der Waals surface area (Å²) in [5.41, 5.74) is -0.459. The number of carbonyl (C=O) groups is 1. The van der Waals surface area contributed by atoms with Gasteiger partial charge in [-0.05, 0) is 33.3 Å². The molecule has 15 heavy (non-hydrogen) atoms. The molecule has 0 unspecified atom stereocenters. The predicted octanol–water partition coefficient (Wildman–Crippen LogP) is 2.46. The highest BCUT2D eigenvalue weighted by Crippen LogP contribution is 2.13. The second-order valence-electron chi connectivity index (χ2n) is 4.70. The van der Waals surface area contributed by atoms with Crippen LogP contribution in [0.5, 0.6) is 0 Å². The summed E-state index contributed by atoms with van der Waals surface area (Å²) in [5, 5.41) is 9.30. The van der Waals surface area contributed by atoms with E-state index in [0.717, 1.165) is 0 Å². The van der Waals surface area contributed by atoms with Gasteiger partial charge in [0.2, 0.25) is 0 Å². The molecular formula is C11H19NO3. The Hall–Kier alpha value is -1.19. The van der Waals surface area contributed by atoms with Crippen LogP contribution in [0.4, 0.5) is 4.79 Å². The quantitative estimate of drug-likeness (QED) is 0.672. The first-order chi connectivity index (χ1) is 6.88. The molecule has 1 aliphatic heterocycles. The molecule has 1 heterocycles. The minimum Gasteiger partial charge on any atom is -0.513 e. The van der Waals surface area contributed by atoms with Crippen LogP contribution >= 0.6 is 0 Å². The normalized spacial score (nSPS) is 18.1. The summed E-state index contributed by atoms with van der Waals surface area (Å²) in [4.78, 5) is 13.3. The molecule has 1 rings (SSSR count). The minimum absolute atomic E-state index is 0.300. The summed E-state index contributed by atoms with van der Waals surface area (Å²) >= 11 is 0. The molecule has 0 fully saturated rings.